The number of halogens is 1. The molecule has 0 unspecified atom stereocenters. The molecule has 1 aromatic rings. The minimum atomic E-state index is -0.221. The molecule has 18 heavy (non-hydrogen) atoms. The zero-order chi connectivity index (χ0) is 13.5. The molecule has 0 spiro atoms. The van der Waals surface area contributed by atoms with E-state index in [-0.39, 0.29) is 11.7 Å². The quantitative estimate of drug-likeness (QED) is 0.810. The van der Waals surface area contributed by atoms with Crippen LogP contribution in [0.2, 0.25) is 0 Å². The number of carbonyl (C=O) groups is 1. The maximum absolute atomic E-state index is 12.9. The first-order valence-corrected chi connectivity index (χ1v) is 6.24. The van der Waals surface area contributed by atoms with Crippen LogP contribution in [0.4, 0.5) is 4.39 Å². The highest BCUT2D eigenvalue weighted by Gasteiger charge is 2.03. The number of nitrogens with one attached hydrogen (secondary N) is 2. The molecule has 0 aromatic heterocycles. The molecule has 0 saturated heterocycles. The third kappa shape index (κ3) is 5.27. The fourth-order valence-corrected chi connectivity index (χ4v) is 1.64. The number of rotatable bonds is 6. The summed E-state index contributed by atoms with van der Waals surface area (Å²) in [7, 11) is 0. The van der Waals surface area contributed by atoms with Crippen LogP contribution in [0.1, 0.15) is 25.0 Å². The minimum absolute atomic E-state index is 0.0107. The van der Waals surface area contributed by atoms with Crippen LogP contribution < -0.4 is 10.6 Å². The molecule has 0 atom stereocenters. The third-order valence-corrected chi connectivity index (χ3v) is 2.69. The number of aryl methyl sites for hydroxylation is 1. The molecule has 1 amide bonds. The van der Waals surface area contributed by atoms with E-state index >= 15 is 0 Å². The van der Waals surface area contributed by atoms with Crippen LogP contribution in [0.3, 0.4) is 0 Å². The molecule has 0 fully saturated rings. The van der Waals surface area contributed by atoms with Gasteiger partial charge in [-0.2, -0.15) is 0 Å². The van der Waals surface area contributed by atoms with Gasteiger partial charge >= 0.3 is 0 Å². The summed E-state index contributed by atoms with van der Waals surface area (Å²) >= 11 is 0. The van der Waals surface area contributed by atoms with Crippen molar-refractivity contribution in [2.75, 3.05) is 13.1 Å². The van der Waals surface area contributed by atoms with Gasteiger partial charge in [-0.15, -0.1) is 0 Å². The zero-order valence-corrected chi connectivity index (χ0v) is 11.2. The van der Waals surface area contributed by atoms with E-state index in [9.17, 15) is 9.18 Å². The molecule has 0 saturated carbocycles. The van der Waals surface area contributed by atoms with Crippen LogP contribution in [-0.4, -0.2) is 25.0 Å². The lowest BCUT2D eigenvalue weighted by Gasteiger charge is -2.10. The number of hydrogen-bond acceptors (Lipinski definition) is 2. The molecule has 0 aliphatic carbocycles. The van der Waals surface area contributed by atoms with Gasteiger partial charge in [0.15, 0.2) is 0 Å². The Kier molecular flexibility index (Phi) is 5.78. The molecule has 0 radical (unpaired) electrons. The number of hydrogen-bond donors (Lipinski definition) is 2. The van der Waals surface area contributed by atoms with E-state index in [2.05, 4.69) is 10.6 Å². The second kappa shape index (κ2) is 7.11. The van der Waals surface area contributed by atoms with Crippen molar-refractivity contribution < 1.29 is 9.18 Å². The average Bonchev–Trinajstić information content (AvgIpc) is 2.29. The van der Waals surface area contributed by atoms with Gasteiger partial charge in [-0.05, 0) is 36.6 Å². The molecule has 0 aliphatic heterocycles. The van der Waals surface area contributed by atoms with Crippen molar-refractivity contribution in [2.24, 2.45) is 0 Å². The van der Waals surface area contributed by atoms with Crippen molar-refractivity contribution in [3.05, 3.63) is 35.1 Å². The normalized spacial score (nSPS) is 10.7. The second-order valence-corrected chi connectivity index (χ2v) is 4.71. The topological polar surface area (TPSA) is 41.1 Å². The Bertz CT molecular complexity index is 405. The summed E-state index contributed by atoms with van der Waals surface area (Å²) in [5, 5.41) is 5.88. The highest BCUT2D eigenvalue weighted by Crippen LogP contribution is 2.10. The monoisotopic (exact) mass is 252 g/mol. The van der Waals surface area contributed by atoms with E-state index in [0.29, 0.717) is 19.1 Å². The van der Waals surface area contributed by atoms with Gasteiger partial charge in [-0.25, -0.2) is 4.39 Å². The van der Waals surface area contributed by atoms with Crippen LogP contribution in [0.5, 0.6) is 0 Å². The molecule has 0 bridgehead atoms. The zero-order valence-electron chi connectivity index (χ0n) is 11.2. The Labute approximate surface area is 108 Å². The number of benzene rings is 1. The summed E-state index contributed by atoms with van der Waals surface area (Å²) in [6.45, 7) is 6.77. The van der Waals surface area contributed by atoms with Gasteiger partial charge in [-0.3, -0.25) is 4.79 Å². The van der Waals surface area contributed by atoms with Crippen molar-refractivity contribution in [3.8, 4) is 0 Å². The number of carbonyl (C=O) groups excluding carboxylic acids is 1. The third-order valence-electron chi connectivity index (χ3n) is 2.69. The largest absolute Gasteiger partial charge is 0.355 e. The Hall–Kier alpha value is -1.42. The summed E-state index contributed by atoms with van der Waals surface area (Å²) < 4.78 is 12.9. The van der Waals surface area contributed by atoms with Crippen molar-refractivity contribution in [2.45, 2.75) is 33.2 Å². The van der Waals surface area contributed by atoms with Gasteiger partial charge in [0.05, 0.1) is 6.54 Å². The van der Waals surface area contributed by atoms with E-state index in [0.717, 1.165) is 17.5 Å². The molecule has 3 nitrogen and oxygen atoms in total. The Balaban J connectivity index is 2.31. The summed E-state index contributed by atoms with van der Waals surface area (Å²) in [6, 6.07) is 5.03. The molecule has 1 aromatic carbocycles. The van der Waals surface area contributed by atoms with Crippen molar-refractivity contribution in [1.29, 1.82) is 0 Å². The Morgan fingerprint density at radius 3 is 2.72 bits per heavy atom. The van der Waals surface area contributed by atoms with Crippen molar-refractivity contribution >= 4 is 5.91 Å². The number of amides is 1. The molecule has 4 heteroatoms. The van der Waals surface area contributed by atoms with Gasteiger partial charge in [0.2, 0.25) is 5.91 Å². The molecule has 0 heterocycles. The predicted octanol–water partition coefficient (Wildman–Crippen LogP) is 1.79. The highest BCUT2D eigenvalue weighted by molar-refractivity contribution is 5.77. The van der Waals surface area contributed by atoms with E-state index in [1.807, 2.05) is 20.8 Å². The summed E-state index contributed by atoms with van der Waals surface area (Å²) in [5.74, 6) is -0.232. The van der Waals surface area contributed by atoms with Crippen LogP contribution in [0.15, 0.2) is 18.2 Å². The summed E-state index contributed by atoms with van der Waals surface area (Å²) in [6.07, 6.45) is 0.722. The molecular formula is C14H21FN2O. The lowest BCUT2D eigenvalue weighted by Crippen LogP contribution is -2.37. The predicted molar refractivity (Wildman–Crippen MR) is 71.0 cm³/mol. The van der Waals surface area contributed by atoms with E-state index in [1.54, 1.807) is 6.07 Å². The maximum Gasteiger partial charge on any atom is 0.233 e. The van der Waals surface area contributed by atoms with Crippen LogP contribution in [0.25, 0.3) is 0 Å². The highest BCUT2D eigenvalue weighted by atomic mass is 19.1. The van der Waals surface area contributed by atoms with E-state index in [4.69, 9.17) is 0 Å². The van der Waals surface area contributed by atoms with Crippen LogP contribution >= 0.6 is 0 Å². The summed E-state index contributed by atoms with van der Waals surface area (Å²) in [4.78, 5) is 11.4. The standard InChI is InChI=1S/C14H21FN2O/c1-10(2)17-9-14(18)16-7-6-12-4-5-13(15)8-11(12)3/h4-5,8,10,17H,6-7,9H2,1-3H3,(H,16,18). The van der Waals surface area contributed by atoms with Gasteiger partial charge < -0.3 is 10.6 Å². The Morgan fingerprint density at radius 1 is 1.39 bits per heavy atom. The molecule has 2 N–H and O–H groups in total. The van der Waals surface area contributed by atoms with Crippen LogP contribution in [-0.2, 0) is 11.2 Å². The van der Waals surface area contributed by atoms with E-state index in [1.165, 1.54) is 12.1 Å². The fourth-order valence-electron chi connectivity index (χ4n) is 1.64. The van der Waals surface area contributed by atoms with Gasteiger partial charge in [0.1, 0.15) is 5.82 Å². The van der Waals surface area contributed by atoms with Crippen molar-refractivity contribution in [3.63, 3.8) is 0 Å². The molecule has 1 rings (SSSR count). The first kappa shape index (κ1) is 14.6. The maximum atomic E-state index is 12.9. The van der Waals surface area contributed by atoms with E-state index < -0.39 is 0 Å². The van der Waals surface area contributed by atoms with Gasteiger partial charge in [0, 0.05) is 12.6 Å². The van der Waals surface area contributed by atoms with Crippen LogP contribution in [0, 0.1) is 12.7 Å². The second-order valence-electron chi connectivity index (χ2n) is 4.71. The fraction of sp³-hybridized carbons (Fsp3) is 0.500. The lowest BCUT2D eigenvalue weighted by molar-refractivity contribution is -0.120. The summed E-state index contributed by atoms with van der Waals surface area (Å²) in [5.41, 5.74) is 1.98. The Morgan fingerprint density at radius 2 is 2.11 bits per heavy atom. The lowest BCUT2D eigenvalue weighted by atomic mass is 10.1. The van der Waals surface area contributed by atoms with Gasteiger partial charge in [0.25, 0.3) is 0 Å². The smallest absolute Gasteiger partial charge is 0.233 e. The molecule has 100 valence electrons. The first-order valence-electron chi connectivity index (χ1n) is 6.24. The first-order chi connectivity index (χ1) is 8.49. The minimum Gasteiger partial charge on any atom is -0.355 e. The SMILES string of the molecule is Cc1cc(F)ccc1CCNC(=O)CNC(C)C. The molecule has 0 aliphatic rings. The van der Waals surface area contributed by atoms with Gasteiger partial charge in [-0.1, -0.05) is 19.9 Å². The molecular weight excluding hydrogens is 231 g/mol. The van der Waals surface area contributed by atoms with Crippen molar-refractivity contribution in [1.82, 2.24) is 10.6 Å². The average molecular weight is 252 g/mol.